The van der Waals surface area contributed by atoms with E-state index in [0.717, 1.165) is 6.08 Å². The van der Waals surface area contributed by atoms with E-state index in [0.29, 0.717) is 6.08 Å². The first-order valence-electron chi connectivity index (χ1n) is 5.26. The van der Waals surface area contributed by atoms with Gasteiger partial charge in [-0.05, 0) is 20.8 Å². The number of esters is 1. The summed E-state index contributed by atoms with van der Waals surface area (Å²) < 4.78 is 14.1. The Morgan fingerprint density at radius 3 is 2.22 bits per heavy atom. The van der Waals surface area contributed by atoms with Crippen molar-refractivity contribution in [3.8, 4) is 0 Å². The first-order chi connectivity index (χ1) is 8.31. The Morgan fingerprint density at radius 2 is 1.72 bits per heavy atom. The maximum Gasteiger partial charge on any atom is 0.508 e. The third kappa shape index (κ3) is 9.20. The standard InChI is InChI=1S/C11H16O7/c1-7(2)17-11(15)18-8(3)6-16-10(14)5-4-9(12)13/h4-5,7-8H,6H2,1-3H3,(H,12,13)/b5-4+. The molecule has 0 aliphatic rings. The molecule has 0 rings (SSSR count). The largest absolute Gasteiger partial charge is 0.508 e. The zero-order chi connectivity index (χ0) is 14.1. The van der Waals surface area contributed by atoms with Gasteiger partial charge in [-0.25, -0.2) is 14.4 Å². The molecule has 7 nitrogen and oxygen atoms in total. The third-order valence-corrected chi connectivity index (χ3v) is 1.45. The quantitative estimate of drug-likeness (QED) is 0.564. The normalized spacial score (nSPS) is 12.2. The van der Waals surface area contributed by atoms with E-state index in [2.05, 4.69) is 4.74 Å². The summed E-state index contributed by atoms with van der Waals surface area (Å²) >= 11 is 0. The van der Waals surface area contributed by atoms with Crippen LogP contribution in [0, 0.1) is 0 Å². The number of carbonyl (C=O) groups excluding carboxylic acids is 2. The highest BCUT2D eigenvalue weighted by atomic mass is 16.7. The lowest BCUT2D eigenvalue weighted by molar-refractivity contribution is -0.141. The van der Waals surface area contributed by atoms with E-state index >= 15 is 0 Å². The first-order valence-corrected chi connectivity index (χ1v) is 5.26. The number of hydrogen-bond acceptors (Lipinski definition) is 6. The number of rotatable bonds is 6. The van der Waals surface area contributed by atoms with Crippen molar-refractivity contribution in [2.75, 3.05) is 6.61 Å². The molecule has 0 aromatic carbocycles. The lowest BCUT2D eigenvalue weighted by Gasteiger charge is -2.14. The highest BCUT2D eigenvalue weighted by Crippen LogP contribution is 1.99. The Balaban J connectivity index is 3.89. The average molecular weight is 260 g/mol. The molecule has 0 saturated carbocycles. The monoisotopic (exact) mass is 260 g/mol. The van der Waals surface area contributed by atoms with Gasteiger partial charge in [0.1, 0.15) is 12.7 Å². The first kappa shape index (κ1) is 16.0. The van der Waals surface area contributed by atoms with Crippen molar-refractivity contribution >= 4 is 18.1 Å². The molecule has 0 aromatic heterocycles. The summed E-state index contributed by atoms with van der Waals surface area (Å²) in [4.78, 5) is 32.1. The molecule has 0 bridgehead atoms. The second kappa shape index (κ2) is 8.10. The van der Waals surface area contributed by atoms with Crippen LogP contribution in [0.2, 0.25) is 0 Å². The minimum absolute atomic E-state index is 0.185. The lowest BCUT2D eigenvalue weighted by Crippen LogP contribution is -2.24. The van der Waals surface area contributed by atoms with Crippen LogP contribution < -0.4 is 0 Å². The molecule has 0 saturated heterocycles. The predicted octanol–water partition coefficient (Wildman–Crippen LogP) is 1.12. The summed E-state index contributed by atoms with van der Waals surface area (Å²) in [5.41, 5.74) is 0. The minimum atomic E-state index is -1.25. The number of hydrogen-bond donors (Lipinski definition) is 1. The van der Waals surface area contributed by atoms with Gasteiger partial charge in [0, 0.05) is 12.2 Å². The topological polar surface area (TPSA) is 99.1 Å². The predicted molar refractivity (Wildman–Crippen MR) is 59.9 cm³/mol. The molecule has 0 aliphatic heterocycles. The summed E-state index contributed by atoms with van der Waals surface area (Å²) in [6, 6.07) is 0. The van der Waals surface area contributed by atoms with Crippen molar-refractivity contribution in [2.45, 2.75) is 33.0 Å². The number of carbonyl (C=O) groups is 3. The van der Waals surface area contributed by atoms with Crippen molar-refractivity contribution in [3.05, 3.63) is 12.2 Å². The molecule has 1 unspecified atom stereocenters. The molecular weight excluding hydrogens is 244 g/mol. The zero-order valence-corrected chi connectivity index (χ0v) is 10.4. The molecule has 0 radical (unpaired) electrons. The lowest BCUT2D eigenvalue weighted by atomic mass is 10.4. The Morgan fingerprint density at radius 1 is 1.11 bits per heavy atom. The van der Waals surface area contributed by atoms with Gasteiger partial charge in [0.05, 0.1) is 6.10 Å². The van der Waals surface area contributed by atoms with E-state index in [1.807, 2.05) is 0 Å². The fraction of sp³-hybridized carbons (Fsp3) is 0.545. The summed E-state index contributed by atoms with van der Waals surface area (Å²) in [6.07, 6.45) is -0.415. The summed E-state index contributed by atoms with van der Waals surface area (Å²) in [5, 5.41) is 8.26. The SMILES string of the molecule is CC(C)OC(=O)OC(C)COC(=O)/C=C/C(=O)O. The van der Waals surface area contributed by atoms with Crippen molar-refractivity contribution in [1.82, 2.24) is 0 Å². The molecule has 0 spiro atoms. The minimum Gasteiger partial charge on any atom is -0.478 e. The van der Waals surface area contributed by atoms with E-state index in [1.165, 1.54) is 6.92 Å². The highest BCUT2D eigenvalue weighted by Gasteiger charge is 2.13. The van der Waals surface area contributed by atoms with Crippen LogP contribution in [0.1, 0.15) is 20.8 Å². The van der Waals surface area contributed by atoms with Gasteiger partial charge >= 0.3 is 18.1 Å². The van der Waals surface area contributed by atoms with Crippen LogP contribution in [0.15, 0.2) is 12.2 Å². The molecule has 0 aliphatic carbocycles. The van der Waals surface area contributed by atoms with E-state index in [1.54, 1.807) is 13.8 Å². The van der Waals surface area contributed by atoms with Crippen LogP contribution in [-0.4, -0.2) is 42.0 Å². The van der Waals surface area contributed by atoms with Crippen LogP contribution in [0.25, 0.3) is 0 Å². The molecule has 18 heavy (non-hydrogen) atoms. The van der Waals surface area contributed by atoms with Crippen LogP contribution in [0.4, 0.5) is 4.79 Å². The number of carboxylic acid groups (broad SMARTS) is 1. The molecule has 0 amide bonds. The van der Waals surface area contributed by atoms with Crippen molar-refractivity contribution in [3.63, 3.8) is 0 Å². The van der Waals surface area contributed by atoms with Gasteiger partial charge < -0.3 is 19.3 Å². The second-order valence-electron chi connectivity index (χ2n) is 3.65. The molecule has 0 aromatic rings. The van der Waals surface area contributed by atoms with Crippen LogP contribution in [0.5, 0.6) is 0 Å². The smallest absolute Gasteiger partial charge is 0.478 e. The maximum absolute atomic E-state index is 11.0. The number of ether oxygens (including phenoxy) is 3. The van der Waals surface area contributed by atoms with Gasteiger partial charge in [-0.1, -0.05) is 0 Å². The molecule has 102 valence electrons. The van der Waals surface area contributed by atoms with Gasteiger partial charge in [0.15, 0.2) is 0 Å². The van der Waals surface area contributed by atoms with E-state index in [-0.39, 0.29) is 12.7 Å². The highest BCUT2D eigenvalue weighted by molar-refractivity contribution is 5.90. The molecule has 0 fully saturated rings. The summed E-state index contributed by atoms with van der Waals surface area (Å²) in [5.74, 6) is -2.08. The fourth-order valence-electron chi connectivity index (χ4n) is 0.805. The van der Waals surface area contributed by atoms with Gasteiger partial charge in [-0.3, -0.25) is 0 Å². The van der Waals surface area contributed by atoms with Gasteiger partial charge in [-0.2, -0.15) is 0 Å². The maximum atomic E-state index is 11.0. The summed E-state index contributed by atoms with van der Waals surface area (Å²) in [7, 11) is 0. The van der Waals surface area contributed by atoms with E-state index in [4.69, 9.17) is 14.6 Å². The molecule has 1 N–H and O–H groups in total. The Hall–Kier alpha value is -2.05. The number of carboxylic acids is 1. The van der Waals surface area contributed by atoms with Crippen LogP contribution in [0.3, 0.4) is 0 Å². The van der Waals surface area contributed by atoms with Crippen LogP contribution >= 0.6 is 0 Å². The fourth-order valence-corrected chi connectivity index (χ4v) is 0.805. The third-order valence-electron chi connectivity index (χ3n) is 1.45. The number of aliphatic carboxylic acids is 1. The zero-order valence-electron chi connectivity index (χ0n) is 10.4. The molecule has 7 heteroatoms. The Labute approximate surface area is 104 Å². The van der Waals surface area contributed by atoms with Gasteiger partial charge in [-0.15, -0.1) is 0 Å². The van der Waals surface area contributed by atoms with Crippen LogP contribution in [-0.2, 0) is 23.8 Å². The Kier molecular flexibility index (Phi) is 7.18. The average Bonchev–Trinajstić information content (AvgIpc) is 2.22. The Bertz CT molecular complexity index is 332. The van der Waals surface area contributed by atoms with Crippen molar-refractivity contribution in [2.24, 2.45) is 0 Å². The van der Waals surface area contributed by atoms with E-state index in [9.17, 15) is 14.4 Å². The second-order valence-corrected chi connectivity index (χ2v) is 3.65. The molecule has 0 heterocycles. The molecule has 1 atom stereocenters. The van der Waals surface area contributed by atoms with Gasteiger partial charge in [0.2, 0.25) is 0 Å². The van der Waals surface area contributed by atoms with Gasteiger partial charge in [0.25, 0.3) is 0 Å². The summed E-state index contributed by atoms with van der Waals surface area (Å²) in [6.45, 7) is 4.66. The van der Waals surface area contributed by atoms with Crippen molar-refractivity contribution in [1.29, 1.82) is 0 Å². The van der Waals surface area contributed by atoms with Crippen molar-refractivity contribution < 1.29 is 33.7 Å². The van der Waals surface area contributed by atoms with E-state index < -0.39 is 24.2 Å². The molecular formula is C11H16O7.